The third-order valence-electron chi connectivity index (χ3n) is 2.40. The van der Waals surface area contributed by atoms with Gasteiger partial charge in [-0.15, -0.1) is 0 Å². The van der Waals surface area contributed by atoms with Gasteiger partial charge in [-0.05, 0) is 12.8 Å². The smallest absolute Gasteiger partial charge is 0.334 e. The minimum Gasteiger partial charge on any atom is -0.464 e. The van der Waals surface area contributed by atoms with Crippen molar-refractivity contribution in [2.75, 3.05) is 6.61 Å². The van der Waals surface area contributed by atoms with Crippen molar-refractivity contribution in [1.82, 2.24) is 0 Å². The standard InChI is InChI=1S/C12H24O3/c1-3-5-6-7-8-9-10-15-12(14)11(13)4-2/h11,13H,3-10H2,1-2H3/t11-/m1/s1. The summed E-state index contributed by atoms with van der Waals surface area (Å²) in [5.41, 5.74) is 0. The van der Waals surface area contributed by atoms with Crippen LogP contribution in [0.15, 0.2) is 0 Å². The molecule has 0 rings (SSSR count). The first-order chi connectivity index (χ1) is 7.22. The van der Waals surface area contributed by atoms with Crippen molar-refractivity contribution in [2.24, 2.45) is 0 Å². The van der Waals surface area contributed by atoms with Crippen LogP contribution in [0.1, 0.15) is 58.8 Å². The van der Waals surface area contributed by atoms with Crippen molar-refractivity contribution in [3.63, 3.8) is 0 Å². The van der Waals surface area contributed by atoms with Crippen LogP contribution in [0.25, 0.3) is 0 Å². The Hall–Kier alpha value is -0.570. The molecular formula is C12H24O3. The highest BCUT2D eigenvalue weighted by molar-refractivity contribution is 5.74. The summed E-state index contributed by atoms with van der Waals surface area (Å²) in [6.07, 6.45) is 6.51. The second-order valence-electron chi connectivity index (χ2n) is 3.86. The van der Waals surface area contributed by atoms with Gasteiger partial charge in [0.2, 0.25) is 0 Å². The monoisotopic (exact) mass is 216 g/mol. The molecule has 90 valence electrons. The summed E-state index contributed by atoms with van der Waals surface area (Å²) in [7, 11) is 0. The molecule has 0 aromatic rings. The highest BCUT2D eigenvalue weighted by Gasteiger charge is 2.12. The largest absolute Gasteiger partial charge is 0.464 e. The number of esters is 1. The van der Waals surface area contributed by atoms with Crippen molar-refractivity contribution in [3.8, 4) is 0 Å². The number of unbranched alkanes of at least 4 members (excludes halogenated alkanes) is 5. The molecule has 3 heteroatoms. The predicted molar refractivity (Wildman–Crippen MR) is 60.6 cm³/mol. The summed E-state index contributed by atoms with van der Waals surface area (Å²) in [6.45, 7) is 4.40. The van der Waals surface area contributed by atoms with Gasteiger partial charge in [-0.2, -0.15) is 0 Å². The van der Waals surface area contributed by atoms with Crippen LogP contribution in [0.5, 0.6) is 0 Å². The number of carbonyl (C=O) groups excluding carboxylic acids is 1. The summed E-state index contributed by atoms with van der Waals surface area (Å²) in [4.78, 5) is 11.0. The Balaban J connectivity index is 3.20. The fourth-order valence-corrected chi connectivity index (χ4v) is 1.32. The summed E-state index contributed by atoms with van der Waals surface area (Å²) < 4.78 is 4.91. The molecule has 0 aromatic heterocycles. The van der Waals surface area contributed by atoms with Crippen molar-refractivity contribution < 1.29 is 14.6 Å². The fourth-order valence-electron chi connectivity index (χ4n) is 1.32. The van der Waals surface area contributed by atoms with Crippen LogP contribution in [0, 0.1) is 0 Å². The Labute approximate surface area is 92.8 Å². The average molecular weight is 216 g/mol. The van der Waals surface area contributed by atoms with Gasteiger partial charge in [0.15, 0.2) is 6.10 Å². The van der Waals surface area contributed by atoms with Gasteiger partial charge in [-0.1, -0.05) is 46.0 Å². The Morgan fingerprint density at radius 1 is 1.13 bits per heavy atom. The molecule has 0 aliphatic heterocycles. The molecule has 0 aromatic carbocycles. The molecule has 0 fully saturated rings. The van der Waals surface area contributed by atoms with Crippen LogP contribution >= 0.6 is 0 Å². The van der Waals surface area contributed by atoms with Crippen molar-refractivity contribution in [1.29, 1.82) is 0 Å². The maximum atomic E-state index is 11.0. The second kappa shape index (κ2) is 9.97. The van der Waals surface area contributed by atoms with E-state index in [1.807, 2.05) is 0 Å². The Bertz CT molecular complexity index is 157. The van der Waals surface area contributed by atoms with E-state index in [0.717, 1.165) is 12.8 Å². The third-order valence-corrected chi connectivity index (χ3v) is 2.40. The quantitative estimate of drug-likeness (QED) is 0.476. The first kappa shape index (κ1) is 14.4. The van der Waals surface area contributed by atoms with E-state index in [2.05, 4.69) is 6.92 Å². The lowest BCUT2D eigenvalue weighted by Gasteiger charge is -2.08. The zero-order valence-electron chi connectivity index (χ0n) is 10.00. The van der Waals surface area contributed by atoms with E-state index >= 15 is 0 Å². The summed E-state index contributed by atoms with van der Waals surface area (Å²) in [6, 6.07) is 0. The fraction of sp³-hybridized carbons (Fsp3) is 0.917. The maximum Gasteiger partial charge on any atom is 0.334 e. The topological polar surface area (TPSA) is 46.5 Å². The molecule has 0 heterocycles. The minimum absolute atomic E-state index is 0.426. The lowest BCUT2D eigenvalue weighted by atomic mass is 10.1. The van der Waals surface area contributed by atoms with Gasteiger partial charge in [-0.3, -0.25) is 0 Å². The lowest BCUT2D eigenvalue weighted by molar-refractivity contribution is -0.153. The molecule has 0 unspecified atom stereocenters. The molecule has 3 nitrogen and oxygen atoms in total. The van der Waals surface area contributed by atoms with Crippen molar-refractivity contribution in [2.45, 2.75) is 64.9 Å². The van der Waals surface area contributed by atoms with Crippen LogP contribution in [-0.2, 0) is 9.53 Å². The summed E-state index contributed by atoms with van der Waals surface area (Å²) in [5.74, 6) is -0.481. The molecular weight excluding hydrogens is 192 g/mol. The van der Waals surface area contributed by atoms with Gasteiger partial charge in [0, 0.05) is 0 Å². The average Bonchev–Trinajstić information content (AvgIpc) is 2.26. The molecule has 0 bridgehead atoms. The Morgan fingerprint density at radius 2 is 1.73 bits per heavy atom. The van der Waals surface area contributed by atoms with Crippen molar-refractivity contribution in [3.05, 3.63) is 0 Å². The first-order valence-corrected chi connectivity index (χ1v) is 6.07. The zero-order valence-corrected chi connectivity index (χ0v) is 10.00. The van der Waals surface area contributed by atoms with E-state index < -0.39 is 12.1 Å². The van der Waals surface area contributed by atoms with E-state index in [0.29, 0.717) is 13.0 Å². The van der Waals surface area contributed by atoms with E-state index in [-0.39, 0.29) is 0 Å². The molecule has 0 aliphatic carbocycles. The summed E-state index contributed by atoms with van der Waals surface area (Å²) >= 11 is 0. The van der Waals surface area contributed by atoms with Crippen LogP contribution in [0.2, 0.25) is 0 Å². The molecule has 0 saturated carbocycles. The molecule has 0 amide bonds. The molecule has 1 N–H and O–H groups in total. The predicted octanol–water partition coefficient (Wildman–Crippen LogP) is 2.66. The Kier molecular flexibility index (Phi) is 9.59. The van der Waals surface area contributed by atoms with Gasteiger partial charge < -0.3 is 9.84 Å². The molecule has 15 heavy (non-hydrogen) atoms. The third kappa shape index (κ3) is 8.43. The highest BCUT2D eigenvalue weighted by Crippen LogP contribution is 2.05. The Morgan fingerprint density at radius 3 is 2.33 bits per heavy atom. The van der Waals surface area contributed by atoms with Gasteiger partial charge in [0.1, 0.15) is 0 Å². The molecule has 1 atom stereocenters. The molecule has 0 spiro atoms. The highest BCUT2D eigenvalue weighted by atomic mass is 16.5. The number of hydrogen-bond acceptors (Lipinski definition) is 3. The van der Waals surface area contributed by atoms with E-state index in [9.17, 15) is 4.79 Å². The van der Waals surface area contributed by atoms with Gasteiger partial charge in [0.25, 0.3) is 0 Å². The number of rotatable bonds is 9. The SMILES string of the molecule is CCCCCCCCOC(=O)[C@H](O)CC. The van der Waals surface area contributed by atoms with E-state index in [1.165, 1.54) is 25.7 Å². The van der Waals surface area contributed by atoms with Gasteiger partial charge in [-0.25, -0.2) is 4.79 Å². The maximum absolute atomic E-state index is 11.0. The molecule has 0 aliphatic rings. The minimum atomic E-state index is -0.940. The van der Waals surface area contributed by atoms with Crippen LogP contribution in [-0.4, -0.2) is 23.8 Å². The molecule has 0 radical (unpaired) electrons. The number of carbonyl (C=O) groups is 1. The van der Waals surface area contributed by atoms with E-state index in [4.69, 9.17) is 9.84 Å². The van der Waals surface area contributed by atoms with Gasteiger partial charge >= 0.3 is 5.97 Å². The lowest BCUT2D eigenvalue weighted by Crippen LogP contribution is -2.22. The number of aliphatic hydroxyl groups excluding tert-OH is 1. The number of ether oxygens (including phenoxy) is 1. The normalized spacial score (nSPS) is 12.5. The van der Waals surface area contributed by atoms with Gasteiger partial charge in [0.05, 0.1) is 6.61 Å². The van der Waals surface area contributed by atoms with E-state index in [1.54, 1.807) is 6.92 Å². The first-order valence-electron chi connectivity index (χ1n) is 6.07. The zero-order chi connectivity index (χ0) is 11.5. The number of hydrogen-bond donors (Lipinski definition) is 1. The second-order valence-corrected chi connectivity index (χ2v) is 3.86. The summed E-state index contributed by atoms with van der Waals surface area (Å²) in [5, 5.41) is 9.12. The molecule has 0 saturated heterocycles. The van der Waals surface area contributed by atoms with Crippen LogP contribution < -0.4 is 0 Å². The van der Waals surface area contributed by atoms with Crippen LogP contribution in [0.4, 0.5) is 0 Å². The van der Waals surface area contributed by atoms with Crippen molar-refractivity contribution >= 4 is 5.97 Å². The van der Waals surface area contributed by atoms with Crippen LogP contribution in [0.3, 0.4) is 0 Å². The number of aliphatic hydroxyl groups is 1.